The first-order chi connectivity index (χ1) is 12.1. The molecule has 2 rings (SSSR count). The van der Waals surface area contributed by atoms with Crippen molar-refractivity contribution in [3.63, 3.8) is 0 Å². The summed E-state index contributed by atoms with van der Waals surface area (Å²) in [5.41, 5.74) is 0.594. The maximum Gasteiger partial charge on any atom is 0.251 e. The molecule has 0 bridgehead atoms. The van der Waals surface area contributed by atoms with E-state index in [0.717, 1.165) is 12.5 Å². The van der Waals surface area contributed by atoms with Crippen molar-refractivity contribution in [1.82, 2.24) is 16.0 Å². The number of nitrogens with zero attached hydrogens (tertiary/aromatic N) is 1. The fourth-order valence-corrected chi connectivity index (χ4v) is 3.12. The molecule has 25 heavy (non-hydrogen) atoms. The third-order valence-corrected chi connectivity index (χ3v) is 4.99. The van der Waals surface area contributed by atoms with Crippen LogP contribution in [0, 0.1) is 0 Å². The number of carbonyl (C=O) groups excluding carboxylic acids is 1. The summed E-state index contributed by atoms with van der Waals surface area (Å²) in [6.07, 6.45) is 0. The fourth-order valence-electron chi connectivity index (χ4n) is 2.20. The number of nitrogens with one attached hydrogen (secondary N) is 3. The van der Waals surface area contributed by atoms with Gasteiger partial charge in [-0.2, -0.15) is 0 Å². The molecular weight excluding hydrogens is 356 g/mol. The molecule has 0 fully saturated rings. The largest absolute Gasteiger partial charge is 0.356 e. The Morgan fingerprint density at radius 3 is 2.52 bits per heavy atom. The molecular formula is C18H23ClN4OS. The Bertz CT molecular complexity index is 686. The third kappa shape index (κ3) is 6.40. The maximum absolute atomic E-state index is 12.0. The molecule has 0 aliphatic carbocycles. The molecule has 1 amide bonds. The predicted molar refractivity (Wildman–Crippen MR) is 106 cm³/mol. The molecule has 0 radical (unpaired) electrons. The Morgan fingerprint density at radius 2 is 1.88 bits per heavy atom. The summed E-state index contributed by atoms with van der Waals surface area (Å²) in [6, 6.07) is 11.0. The topological polar surface area (TPSA) is 65.5 Å². The number of carbonyl (C=O) groups is 1. The van der Waals surface area contributed by atoms with Gasteiger partial charge in [-0.3, -0.25) is 9.79 Å². The molecule has 0 aliphatic rings. The summed E-state index contributed by atoms with van der Waals surface area (Å²) < 4.78 is 0. The average Bonchev–Trinajstić information content (AvgIpc) is 3.16. The van der Waals surface area contributed by atoms with Crippen LogP contribution in [0.3, 0.4) is 0 Å². The van der Waals surface area contributed by atoms with E-state index in [1.807, 2.05) is 0 Å². The quantitative estimate of drug-likeness (QED) is 0.394. The third-order valence-electron chi connectivity index (χ3n) is 3.64. The number of hydrogen-bond acceptors (Lipinski definition) is 3. The van der Waals surface area contributed by atoms with Crippen molar-refractivity contribution in [3.05, 3.63) is 57.2 Å². The van der Waals surface area contributed by atoms with Gasteiger partial charge in [-0.1, -0.05) is 24.6 Å². The molecule has 1 aromatic heterocycles. The molecule has 3 N–H and O–H groups in total. The second-order valence-electron chi connectivity index (χ2n) is 5.56. The van der Waals surface area contributed by atoms with Crippen molar-refractivity contribution in [2.45, 2.75) is 12.8 Å². The molecule has 0 saturated heterocycles. The zero-order valence-electron chi connectivity index (χ0n) is 14.4. The van der Waals surface area contributed by atoms with Gasteiger partial charge in [-0.25, -0.2) is 0 Å². The molecule has 2 aromatic rings. The van der Waals surface area contributed by atoms with Gasteiger partial charge in [0.2, 0.25) is 0 Å². The average molecular weight is 379 g/mol. The summed E-state index contributed by atoms with van der Waals surface area (Å²) in [6.45, 7) is 4.07. The van der Waals surface area contributed by atoms with E-state index in [1.54, 1.807) is 42.6 Å². The molecule has 0 aliphatic heterocycles. The maximum atomic E-state index is 12.0. The number of thiophene rings is 1. The van der Waals surface area contributed by atoms with Crippen LogP contribution in [0.5, 0.6) is 0 Å². The van der Waals surface area contributed by atoms with Gasteiger partial charge in [-0.15, -0.1) is 11.3 Å². The van der Waals surface area contributed by atoms with Crippen molar-refractivity contribution in [2.75, 3.05) is 26.7 Å². The second kappa shape index (κ2) is 10.1. The molecule has 1 unspecified atom stereocenters. The van der Waals surface area contributed by atoms with E-state index in [1.165, 1.54) is 4.88 Å². The highest BCUT2D eigenvalue weighted by Gasteiger charge is 2.08. The number of rotatable bonds is 7. The van der Waals surface area contributed by atoms with E-state index in [9.17, 15) is 4.79 Å². The Labute approximate surface area is 157 Å². The van der Waals surface area contributed by atoms with Crippen LogP contribution in [0.1, 0.15) is 28.1 Å². The highest BCUT2D eigenvalue weighted by Crippen LogP contribution is 2.19. The zero-order chi connectivity index (χ0) is 18.1. The monoisotopic (exact) mass is 378 g/mol. The molecule has 1 aromatic carbocycles. The normalized spacial score (nSPS) is 12.5. The predicted octanol–water partition coefficient (Wildman–Crippen LogP) is 3.10. The summed E-state index contributed by atoms with van der Waals surface area (Å²) >= 11 is 7.57. The molecule has 7 heteroatoms. The lowest BCUT2D eigenvalue weighted by Gasteiger charge is -2.15. The Morgan fingerprint density at radius 1 is 1.16 bits per heavy atom. The summed E-state index contributed by atoms with van der Waals surface area (Å²) in [5.74, 6) is 1.03. The van der Waals surface area contributed by atoms with Crippen LogP contribution in [-0.4, -0.2) is 38.5 Å². The van der Waals surface area contributed by atoms with Crippen LogP contribution < -0.4 is 16.0 Å². The number of guanidine groups is 1. The highest BCUT2D eigenvalue weighted by molar-refractivity contribution is 7.10. The van der Waals surface area contributed by atoms with Gasteiger partial charge in [-0.05, 0) is 35.7 Å². The molecule has 1 heterocycles. The van der Waals surface area contributed by atoms with E-state index in [4.69, 9.17) is 11.6 Å². The van der Waals surface area contributed by atoms with Gasteiger partial charge in [0, 0.05) is 48.1 Å². The lowest BCUT2D eigenvalue weighted by atomic mass is 10.1. The van der Waals surface area contributed by atoms with Gasteiger partial charge in [0.15, 0.2) is 5.96 Å². The van der Waals surface area contributed by atoms with Gasteiger partial charge in [0.1, 0.15) is 0 Å². The molecule has 5 nitrogen and oxygen atoms in total. The van der Waals surface area contributed by atoms with E-state index >= 15 is 0 Å². The van der Waals surface area contributed by atoms with E-state index in [-0.39, 0.29) is 5.91 Å². The first-order valence-electron chi connectivity index (χ1n) is 8.12. The molecule has 0 saturated carbocycles. The van der Waals surface area contributed by atoms with Crippen LogP contribution >= 0.6 is 22.9 Å². The number of aliphatic imine (C=N–C) groups is 1. The lowest BCUT2D eigenvalue weighted by Crippen LogP contribution is -2.42. The smallest absolute Gasteiger partial charge is 0.251 e. The van der Waals surface area contributed by atoms with Crippen LogP contribution in [0.2, 0.25) is 5.02 Å². The van der Waals surface area contributed by atoms with Crippen molar-refractivity contribution >= 4 is 34.8 Å². The molecule has 1 atom stereocenters. The van der Waals surface area contributed by atoms with Crippen LogP contribution in [0.15, 0.2) is 46.8 Å². The second-order valence-corrected chi connectivity index (χ2v) is 6.97. The van der Waals surface area contributed by atoms with Gasteiger partial charge >= 0.3 is 0 Å². The van der Waals surface area contributed by atoms with Crippen molar-refractivity contribution < 1.29 is 4.79 Å². The first-order valence-corrected chi connectivity index (χ1v) is 9.37. The van der Waals surface area contributed by atoms with Crippen LogP contribution in [0.4, 0.5) is 0 Å². The minimum atomic E-state index is -0.118. The number of amides is 1. The minimum Gasteiger partial charge on any atom is -0.356 e. The van der Waals surface area contributed by atoms with Gasteiger partial charge < -0.3 is 16.0 Å². The van der Waals surface area contributed by atoms with E-state index in [2.05, 4.69) is 45.4 Å². The van der Waals surface area contributed by atoms with Crippen molar-refractivity contribution in [3.8, 4) is 0 Å². The van der Waals surface area contributed by atoms with Gasteiger partial charge in [0.05, 0.1) is 0 Å². The molecule has 0 spiro atoms. The van der Waals surface area contributed by atoms with Crippen LogP contribution in [0.25, 0.3) is 0 Å². The molecule has 134 valence electrons. The Kier molecular flexibility index (Phi) is 7.76. The minimum absolute atomic E-state index is 0.118. The van der Waals surface area contributed by atoms with Crippen LogP contribution in [-0.2, 0) is 0 Å². The summed E-state index contributed by atoms with van der Waals surface area (Å²) in [5, 5.41) is 12.1. The van der Waals surface area contributed by atoms with Gasteiger partial charge in [0.25, 0.3) is 5.91 Å². The fraction of sp³-hybridized carbons (Fsp3) is 0.333. The van der Waals surface area contributed by atoms with E-state index < -0.39 is 0 Å². The Hall–Kier alpha value is -2.05. The van der Waals surface area contributed by atoms with Crippen molar-refractivity contribution in [1.29, 1.82) is 0 Å². The number of hydrogen-bond donors (Lipinski definition) is 3. The number of halogens is 1. The summed E-state index contributed by atoms with van der Waals surface area (Å²) in [4.78, 5) is 17.5. The van der Waals surface area contributed by atoms with E-state index in [0.29, 0.717) is 29.6 Å². The SMILES string of the molecule is CN=C(NCCNC(=O)c1ccc(Cl)cc1)NCC(C)c1cccs1. The zero-order valence-corrected chi connectivity index (χ0v) is 16.0. The standard InChI is InChI=1S/C18H23ClN4OS/c1-13(16-4-3-11-25-16)12-23-18(20-2)22-10-9-21-17(24)14-5-7-15(19)8-6-14/h3-8,11,13H,9-10,12H2,1-2H3,(H,21,24)(H2,20,22,23). The first kappa shape index (κ1) is 19.3. The lowest BCUT2D eigenvalue weighted by molar-refractivity contribution is 0.0954. The summed E-state index contributed by atoms with van der Waals surface area (Å²) in [7, 11) is 1.73. The highest BCUT2D eigenvalue weighted by atomic mass is 35.5. The van der Waals surface area contributed by atoms with Crippen molar-refractivity contribution in [2.24, 2.45) is 4.99 Å². The Balaban J connectivity index is 1.67. The number of benzene rings is 1.